The summed E-state index contributed by atoms with van der Waals surface area (Å²) in [6.07, 6.45) is 2.93. The van der Waals surface area contributed by atoms with Crippen molar-refractivity contribution in [1.29, 1.82) is 0 Å². The van der Waals surface area contributed by atoms with E-state index in [1.165, 1.54) is 0 Å². The van der Waals surface area contributed by atoms with E-state index in [0.29, 0.717) is 17.1 Å². The SMILES string of the molecule is Cc1ccc(/C=C2\SC(=O)N(CCNC(=O)[C@H]3CS[C@@]4(C)CCC(=O)N34)C2=O)cc1. The maximum Gasteiger partial charge on any atom is 0.293 e. The number of hydrogen-bond acceptors (Lipinski definition) is 6. The average molecular weight is 446 g/mol. The number of benzene rings is 1. The van der Waals surface area contributed by atoms with Gasteiger partial charge in [0.25, 0.3) is 11.1 Å². The molecule has 1 N–H and O–H groups in total. The Bertz CT molecular complexity index is 946. The highest BCUT2D eigenvalue weighted by Crippen LogP contribution is 2.47. The second-order valence-corrected chi connectivity index (χ2v) is 10.3. The standard InChI is InChI=1S/C21H23N3O4S2/c1-13-3-5-14(6-4-13)11-16-19(27)23(20(28)30-16)10-9-22-18(26)15-12-29-21(2)8-7-17(25)24(15)21/h3-6,11,15H,7-10,12H2,1-2H3,(H,22,26)/b16-11-/t15-,21+/m1/s1. The van der Waals surface area contributed by atoms with E-state index in [0.717, 1.165) is 34.2 Å². The van der Waals surface area contributed by atoms with Crippen LogP contribution in [0, 0.1) is 6.92 Å². The summed E-state index contributed by atoms with van der Waals surface area (Å²) in [5.41, 5.74) is 1.98. The van der Waals surface area contributed by atoms with Crippen LogP contribution in [0.15, 0.2) is 29.2 Å². The molecule has 4 rings (SSSR count). The largest absolute Gasteiger partial charge is 0.352 e. The van der Waals surface area contributed by atoms with Crippen LogP contribution in [0.1, 0.15) is 30.9 Å². The van der Waals surface area contributed by atoms with Gasteiger partial charge in [0, 0.05) is 25.3 Å². The van der Waals surface area contributed by atoms with Gasteiger partial charge in [-0.3, -0.25) is 24.1 Å². The van der Waals surface area contributed by atoms with Crippen molar-refractivity contribution in [2.24, 2.45) is 0 Å². The summed E-state index contributed by atoms with van der Waals surface area (Å²) >= 11 is 2.54. The number of carbonyl (C=O) groups is 4. The Morgan fingerprint density at radius 2 is 2.00 bits per heavy atom. The summed E-state index contributed by atoms with van der Waals surface area (Å²) in [6, 6.07) is 7.20. The lowest BCUT2D eigenvalue weighted by Gasteiger charge is -2.29. The van der Waals surface area contributed by atoms with Crippen LogP contribution < -0.4 is 5.32 Å². The molecule has 0 unspecified atom stereocenters. The monoisotopic (exact) mass is 445 g/mol. The van der Waals surface area contributed by atoms with Crippen LogP contribution in [0.5, 0.6) is 0 Å². The highest BCUT2D eigenvalue weighted by atomic mass is 32.2. The Balaban J connectivity index is 1.33. The van der Waals surface area contributed by atoms with Crippen LogP contribution in [0.4, 0.5) is 4.79 Å². The van der Waals surface area contributed by atoms with Crippen LogP contribution in [0.2, 0.25) is 0 Å². The van der Waals surface area contributed by atoms with Gasteiger partial charge in [-0.15, -0.1) is 11.8 Å². The van der Waals surface area contributed by atoms with Crippen LogP contribution in [0.3, 0.4) is 0 Å². The zero-order valence-electron chi connectivity index (χ0n) is 16.8. The Labute approximate surface area is 183 Å². The van der Waals surface area contributed by atoms with E-state index in [2.05, 4.69) is 5.32 Å². The first kappa shape index (κ1) is 21.0. The molecule has 0 bridgehead atoms. The lowest BCUT2D eigenvalue weighted by molar-refractivity contribution is -0.137. The zero-order valence-corrected chi connectivity index (χ0v) is 18.5. The van der Waals surface area contributed by atoms with Crippen LogP contribution in [-0.4, -0.2) is 62.5 Å². The highest BCUT2D eigenvalue weighted by Gasteiger charge is 2.52. The van der Waals surface area contributed by atoms with Crippen molar-refractivity contribution in [3.8, 4) is 0 Å². The molecule has 0 saturated carbocycles. The smallest absolute Gasteiger partial charge is 0.293 e. The number of imide groups is 1. The number of carbonyl (C=O) groups excluding carboxylic acids is 4. The summed E-state index contributed by atoms with van der Waals surface area (Å²) in [7, 11) is 0. The number of fused-ring (bicyclic) bond motifs is 1. The van der Waals surface area contributed by atoms with Crippen molar-refractivity contribution in [3.63, 3.8) is 0 Å². The molecule has 3 heterocycles. The molecular weight excluding hydrogens is 422 g/mol. The molecule has 3 fully saturated rings. The van der Waals surface area contributed by atoms with E-state index in [4.69, 9.17) is 0 Å². The Kier molecular flexibility index (Phi) is 5.67. The van der Waals surface area contributed by atoms with Crippen molar-refractivity contribution < 1.29 is 19.2 Å². The van der Waals surface area contributed by atoms with Gasteiger partial charge in [-0.25, -0.2) is 0 Å². The highest BCUT2D eigenvalue weighted by molar-refractivity contribution is 8.18. The summed E-state index contributed by atoms with van der Waals surface area (Å²) in [4.78, 5) is 52.6. The van der Waals surface area contributed by atoms with E-state index in [-0.39, 0.29) is 40.9 Å². The number of nitrogens with one attached hydrogen (secondary N) is 1. The van der Waals surface area contributed by atoms with Gasteiger partial charge in [0.1, 0.15) is 6.04 Å². The van der Waals surface area contributed by atoms with E-state index in [1.54, 1.807) is 22.7 Å². The molecule has 0 aromatic heterocycles. The molecule has 2 atom stereocenters. The maximum absolute atomic E-state index is 12.6. The number of aryl methyl sites for hydroxylation is 1. The number of rotatable bonds is 5. The molecule has 7 nitrogen and oxygen atoms in total. The first-order valence-electron chi connectivity index (χ1n) is 9.84. The average Bonchev–Trinajstić information content (AvgIpc) is 3.30. The fourth-order valence-corrected chi connectivity index (χ4v) is 6.23. The first-order valence-corrected chi connectivity index (χ1v) is 11.6. The molecule has 0 radical (unpaired) electrons. The van der Waals surface area contributed by atoms with Gasteiger partial charge in [0.05, 0.1) is 9.78 Å². The fraction of sp³-hybridized carbons (Fsp3) is 0.429. The molecule has 0 spiro atoms. The van der Waals surface area contributed by atoms with Crippen molar-refractivity contribution in [1.82, 2.24) is 15.1 Å². The maximum atomic E-state index is 12.6. The first-order chi connectivity index (χ1) is 14.3. The number of hydrogen-bond donors (Lipinski definition) is 1. The van der Waals surface area contributed by atoms with Gasteiger partial charge in [-0.05, 0) is 43.7 Å². The predicted molar refractivity (Wildman–Crippen MR) is 118 cm³/mol. The minimum Gasteiger partial charge on any atom is -0.352 e. The fourth-order valence-electron chi connectivity index (χ4n) is 3.93. The lowest BCUT2D eigenvalue weighted by atomic mass is 10.1. The van der Waals surface area contributed by atoms with Crippen molar-refractivity contribution >= 4 is 52.6 Å². The molecule has 1 aromatic rings. The second-order valence-electron chi connectivity index (χ2n) is 7.80. The van der Waals surface area contributed by atoms with Gasteiger partial charge < -0.3 is 10.2 Å². The topological polar surface area (TPSA) is 86.8 Å². The number of amides is 4. The molecule has 3 aliphatic heterocycles. The third-order valence-corrected chi connectivity index (χ3v) is 8.04. The molecular formula is C21H23N3O4S2. The molecule has 158 valence electrons. The summed E-state index contributed by atoms with van der Waals surface area (Å²) in [5, 5.41) is 2.45. The molecule has 4 amide bonds. The van der Waals surface area contributed by atoms with Crippen LogP contribution in [0.25, 0.3) is 6.08 Å². The Morgan fingerprint density at radius 3 is 2.73 bits per heavy atom. The number of thioether (sulfide) groups is 2. The Hall–Kier alpha value is -2.26. The van der Waals surface area contributed by atoms with E-state index in [1.807, 2.05) is 38.1 Å². The lowest BCUT2D eigenvalue weighted by Crippen LogP contribution is -2.51. The normalized spacial score (nSPS) is 27.3. The minimum atomic E-state index is -0.494. The minimum absolute atomic E-state index is 0.00910. The van der Waals surface area contributed by atoms with Gasteiger partial charge in [-0.1, -0.05) is 29.8 Å². The molecule has 3 aliphatic rings. The number of nitrogens with zero attached hydrogens (tertiary/aromatic N) is 2. The predicted octanol–water partition coefficient (Wildman–Crippen LogP) is 2.60. The van der Waals surface area contributed by atoms with E-state index < -0.39 is 6.04 Å². The molecule has 9 heteroatoms. The quantitative estimate of drug-likeness (QED) is 0.701. The van der Waals surface area contributed by atoms with Crippen molar-refractivity contribution in [2.75, 3.05) is 18.8 Å². The van der Waals surface area contributed by atoms with Crippen LogP contribution in [-0.2, 0) is 14.4 Å². The van der Waals surface area contributed by atoms with Gasteiger partial charge in [0.15, 0.2) is 0 Å². The Morgan fingerprint density at radius 1 is 1.27 bits per heavy atom. The van der Waals surface area contributed by atoms with E-state index >= 15 is 0 Å². The third kappa shape index (κ3) is 3.88. The van der Waals surface area contributed by atoms with Crippen molar-refractivity contribution in [2.45, 2.75) is 37.6 Å². The van der Waals surface area contributed by atoms with E-state index in [9.17, 15) is 19.2 Å². The van der Waals surface area contributed by atoms with Gasteiger partial charge >= 0.3 is 0 Å². The summed E-state index contributed by atoms with van der Waals surface area (Å²) < 4.78 is 0. The molecule has 3 saturated heterocycles. The molecule has 1 aromatic carbocycles. The van der Waals surface area contributed by atoms with Gasteiger partial charge in [-0.2, -0.15) is 0 Å². The molecule has 30 heavy (non-hydrogen) atoms. The zero-order chi connectivity index (χ0) is 21.5. The van der Waals surface area contributed by atoms with Gasteiger partial charge in [0.2, 0.25) is 11.8 Å². The van der Waals surface area contributed by atoms with Crippen molar-refractivity contribution in [3.05, 3.63) is 40.3 Å². The summed E-state index contributed by atoms with van der Waals surface area (Å²) in [6.45, 7) is 4.24. The third-order valence-electron chi connectivity index (χ3n) is 5.63. The molecule has 0 aliphatic carbocycles. The van der Waals surface area contributed by atoms with Crippen LogP contribution >= 0.6 is 23.5 Å². The summed E-state index contributed by atoms with van der Waals surface area (Å²) in [5.74, 6) is -0.00778. The second kappa shape index (κ2) is 8.11.